The molecule has 0 atom stereocenters. The van der Waals surface area contributed by atoms with Gasteiger partial charge < -0.3 is 5.73 Å². The van der Waals surface area contributed by atoms with Gasteiger partial charge in [-0.2, -0.15) is 4.31 Å². The average Bonchev–Trinajstić information content (AvgIpc) is 2.21. The van der Waals surface area contributed by atoms with E-state index >= 15 is 0 Å². The molecule has 1 rings (SSSR count). The third-order valence-corrected chi connectivity index (χ3v) is 4.61. The van der Waals surface area contributed by atoms with Gasteiger partial charge in [-0.3, -0.25) is 0 Å². The highest BCUT2D eigenvalue weighted by Gasteiger charge is 2.25. The van der Waals surface area contributed by atoms with Crippen molar-refractivity contribution in [3.8, 4) is 0 Å². The molecule has 96 valence electrons. The fourth-order valence-corrected chi connectivity index (χ4v) is 3.31. The second kappa shape index (κ2) is 5.01. The van der Waals surface area contributed by atoms with Gasteiger partial charge in [-0.05, 0) is 32.0 Å². The number of nitrogen functional groups attached to an aromatic ring is 1. The molecule has 0 spiro atoms. The number of halogens is 1. The Hall–Kier alpha value is -1.14. The highest BCUT2D eigenvalue weighted by molar-refractivity contribution is 7.89. The smallest absolute Gasteiger partial charge is 0.243 e. The molecule has 6 heteroatoms. The van der Waals surface area contributed by atoms with Crippen molar-refractivity contribution in [1.29, 1.82) is 0 Å². The van der Waals surface area contributed by atoms with Crippen molar-refractivity contribution in [3.63, 3.8) is 0 Å². The van der Waals surface area contributed by atoms with Gasteiger partial charge in [0.05, 0.1) is 10.6 Å². The van der Waals surface area contributed by atoms with Crippen LogP contribution >= 0.6 is 0 Å². The summed E-state index contributed by atoms with van der Waals surface area (Å²) >= 11 is 0. The van der Waals surface area contributed by atoms with Crippen LogP contribution in [0.25, 0.3) is 0 Å². The Balaban J connectivity index is 3.25. The number of benzene rings is 1. The fourth-order valence-electron chi connectivity index (χ4n) is 1.63. The van der Waals surface area contributed by atoms with E-state index in [1.165, 1.54) is 10.4 Å². The van der Waals surface area contributed by atoms with Crippen LogP contribution < -0.4 is 5.73 Å². The lowest BCUT2D eigenvalue weighted by Crippen LogP contribution is -2.36. The standard InChI is InChI=1S/C11H17FN2O2S/c1-4-14(8(2)3)17(15,16)9-5-6-10(12)11(13)7-9/h5-8H,4,13H2,1-3H3. The SMILES string of the molecule is CCN(C(C)C)S(=O)(=O)c1ccc(F)c(N)c1. The summed E-state index contributed by atoms with van der Waals surface area (Å²) in [6.45, 7) is 5.68. The van der Waals surface area contributed by atoms with Crippen molar-refractivity contribution in [2.45, 2.75) is 31.7 Å². The van der Waals surface area contributed by atoms with Crippen LogP contribution in [0.4, 0.5) is 10.1 Å². The number of rotatable bonds is 4. The fraction of sp³-hybridized carbons (Fsp3) is 0.455. The van der Waals surface area contributed by atoms with Crippen molar-refractivity contribution in [1.82, 2.24) is 4.31 Å². The van der Waals surface area contributed by atoms with Crippen molar-refractivity contribution in [2.75, 3.05) is 12.3 Å². The lowest BCUT2D eigenvalue weighted by molar-refractivity contribution is 0.369. The van der Waals surface area contributed by atoms with Gasteiger partial charge in [-0.25, -0.2) is 12.8 Å². The van der Waals surface area contributed by atoms with E-state index in [4.69, 9.17) is 5.73 Å². The molecule has 1 aromatic carbocycles. The van der Waals surface area contributed by atoms with Gasteiger partial charge in [0.15, 0.2) is 0 Å². The topological polar surface area (TPSA) is 63.4 Å². The molecule has 0 amide bonds. The van der Waals surface area contributed by atoms with E-state index in [2.05, 4.69) is 0 Å². The Bertz CT molecular complexity index is 500. The van der Waals surface area contributed by atoms with E-state index < -0.39 is 15.8 Å². The second-order valence-corrected chi connectivity index (χ2v) is 5.88. The molecule has 2 N–H and O–H groups in total. The van der Waals surface area contributed by atoms with Crippen molar-refractivity contribution in [2.24, 2.45) is 0 Å². The van der Waals surface area contributed by atoms with Crippen molar-refractivity contribution >= 4 is 15.7 Å². The summed E-state index contributed by atoms with van der Waals surface area (Å²) in [7, 11) is -3.60. The molecule has 0 bridgehead atoms. The molecule has 0 saturated carbocycles. The number of hydrogen-bond acceptors (Lipinski definition) is 3. The van der Waals surface area contributed by atoms with Crippen LogP contribution in [-0.4, -0.2) is 25.3 Å². The highest BCUT2D eigenvalue weighted by atomic mass is 32.2. The predicted octanol–water partition coefficient (Wildman–Crippen LogP) is 1.83. The summed E-state index contributed by atoms with van der Waals surface area (Å²) in [5.74, 6) is -0.614. The molecule has 17 heavy (non-hydrogen) atoms. The molecule has 0 fully saturated rings. The summed E-state index contributed by atoms with van der Waals surface area (Å²) < 4.78 is 38.8. The molecule has 0 heterocycles. The van der Waals surface area contributed by atoms with E-state index in [9.17, 15) is 12.8 Å². The lowest BCUT2D eigenvalue weighted by Gasteiger charge is -2.24. The molecule has 0 aliphatic heterocycles. The zero-order valence-corrected chi connectivity index (χ0v) is 11.0. The van der Waals surface area contributed by atoms with Crippen molar-refractivity contribution < 1.29 is 12.8 Å². The van der Waals surface area contributed by atoms with Gasteiger partial charge in [0.25, 0.3) is 0 Å². The number of hydrogen-bond donors (Lipinski definition) is 1. The summed E-state index contributed by atoms with van der Waals surface area (Å²) in [5.41, 5.74) is 5.22. The molecule has 4 nitrogen and oxygen atoms in total. The van der Waals surface area contributed by atoms with E-state index in [0.717, 1.165) is 12.1 Å². The van der Waals surface area contributed by atoms with Crippen molar-refractivity contribution in [3.05, 3.63) is 24.0 Å². The van der Waals surface area contributed by atoms with E-state index in [-0.39, 0.29) is 16.6 Å². The first-order chi connectivity index (χ1) is 7.80. The normalized spacial score (nSPS) is 12.4. The van der Waals surface area contributed by atoms with Crippen LogP contribution in [0.1, 0.15) is 20.8 Å². The van der Waals surface area contributed by atoms with Gasteiger partial charge in [0.1, 0.15) is 5.82 Å². The van der Waals surface area contributed by atoms with Gasteiger partial charge in [0, 0.05) is 12.6 Å². The minimum atomic E-state index is -3.60. The third kappa shape index (κ3) is 2.76. The van der Waals surface area contributed by atoms with E-state index in [1.807, 2.05) is 0 Å². The number of nitrogens with zero attached hydrogens (tertiary/aromatic N) is 1. The monoisotopic (exact) mass is 260 g/mol. The molecule has 0 radical (unpaired) electrons. The first-order valence-corrected chi connectivity index (χ1v) is 6.81. The second-order valence-electron chi connectivity index (χ2n) is 3.99. The van der Waals surface area contributed by atoms with Gasteiger partial charge in [-0.1, -0.05) is 6.92 Å². The number of sulfonamides is 1. The maximum absolute atomic E-state index is 13.0. The van der Waals surface area contributed by atoms with E-state index in [0.29, 0.717) is 6.54 Å². The molecular weight excluding hydrogens is 243 g/mol. The zero-order valence-electron chi connectivity index (χ0n) is 10.1. The Morgan fingerprint density at radius 3 is 2.41 bits per heavy atom. The van der Waals surface area contributed by atoms with E-state index in [1.54, 1.807) is 20.8 Å². The summed E-state index contributed by atoms with van der Waals surface area (Å²) in [4.78, 5) is 0.0203. The summed E-state index contributed by atoms with van der Waals surface area (Å²) in [6, 6.07) is 3.29. The van der Waals surface area contributed by atoms with Crippen LogP contribution in [0.15, 0.2) is 23.1 Å². The molecule has 0 aromatic heterocycles. The minimum Gasteiger partial charge on any atom is -0.396 e. The Kier molecular flexibility index (Phi) is 4.11. The molecule has 0 saturated heterocycles. The molecule has 0 aliphatic carbocycles. The summed E-state index contributed by atoms with van der Waals surface area (Å²) in [5, 5.41) is 0. The molecule has 0 unspecified atom stereocenters. The van der Waals surface area contributed by atoms with Crippen LogP contribution in [-0.2, 0) is 10.0 Å². The van der Waals surface area contributed by atoms with Crippen LogP contribution in [0.2, 0.25) is 0 Å². The Morgan fingerprint density at radius 1 is 1.41 bits per heavy atom. The highest BCUT2D eigenvalue weighted by Crippen LogP contribution is 2.21. The van der Waals surface area contributed by atoms with Crippen LogP contribution in [0, 0.1) is 5.82 Å². The molecular formula is C11H17FN2O2S. The predicted molar refractivity (Wildman–Crippen MR) is 65.5 cm³/mol. The largest absolute Gasteiger partial charge is 0.396 e. The third-order valence-electron chi connectivity index (χ3n) is 2.46. The first kappa shape index (κ1) is 13.9. The molecule has 1 aromatic rings. The van der Waals surface area contributed by atoms with Crippen LogP contribution in [0.3, 0.4) is 0 Å². The number of anilines is 1. The average molecular weight is 260 g/mol. The van der Waals surface area contributed by atoms with Gasteiger partial charge in [0.2, 0.25) is 10.0 Å². The maximum Gasteiger partial charge on any atom is 0.243 e. The minimum absolute atomic E-state index is 0.0203. The Labute approximate surface area is 101 Å². The Morgan fingerprint density at radius 2 is 2.00 bits per heavy atom. The molecule has 0 aliphatic rings. The van der Waals surface area contributed by atoms with Gasteiger partial charge >= 0.3 is 0 Å². The lowest BCUT2D eigenvalue weighted by atomic mass is 10.3. The summed E-state index contributed by atoms with van der Waals surface area (Å²) in [6.07, 6.45) is 0. The quantitative estimate of drug-likeness (QED) is 0.840. The zero-order chi connectivity index (χ0) is 13.2. The maximum atomic E-state index is 13.0. The van der Waals surface area contributed by atoms with Gasteiger partial charge in [-0.15, -0.1) is 0 Å². The number of nitrogens with two attached hydrogens (primary N) is 1. The first-order valence-electron chi connectivity index (χ1n) is 5.37. The van der Waals surface area contributed by atoms with Crippen LogP contribution in [0.5, 0.6) is 0 Å².